The Balaban J connectivity index is 1.85. The van der Waals surface area contributed by atoms with E-state index in [-0.39, 0.29) is 23.0 Å². The van der Waals surface area contributed by atoms with E-state index in [0.717, 1.165) is 16.7 Å². The highest BCUT2D eigenvalue weighted by molar-refractivity contribution is 7.92. The van der Waals surface area contributed by atoms with Gasteiger partial charge in [-0.05, 0) is 69.2 Å². The first-order chi connectivity index (χ1) is 14.6. The van der Waals surface area contributed by atoms with Crippen molar-refractivity contribution in [3.8, 4) is 0 Å². The van der Waals surface area contributed by atoms with Crippen molar-refractivity contribution in [3.63, 3.8) is 0 Å². The zero-order valence-electron chi connectivity index (χ0n) is 17.9. The van der Waals surface area contributed by atoms with E-state index in [1.54, 1.807) is 31.2 Å². The summed E-state index contributed by atoms with van der Waals surface area (Å²) < 4.78 is 28.9. The summed E-state index contributed by atoms with van der Waals surface area (Å²) in [5.41, 5.74) is 3.41. The van der Waals surface area contributed by atoms with Crippen molar-refractivity contribution in [2.75, 3.05) is 10.0 Å². The van der Waals surface area contributed by atoms with Crippen molar-refractivity contribution in [2.24, 2.45) is 0 Å². The smallest absolute Gasteiger partial charge is 0.275 e. The number of benzene rings is 2. The predicted octanol–water partition coefficient (Wildman–Crippen LogP) is 3.52. The molecule has 0 aliphatic rings. The molecule has 0 saturated carbocycles. The Morgan fingerprint density at radius 2 is 1.58 bits per heavy atom. The number of carbonyl (C=O) groups excluding carboxylic acids is 1. The monoisotopic (exact) mass is 439 g/mol. The number of aryl methyl sites for hydroxylation is 3. The first kappa shape index (κ1) is 22.3. The molecule has 0 unspecified atom stereocenters. The Hall–Kier alpha value is -3.39. The number of sulfonamides is 1. The summed E-state index contributed by atoms with van der Waals surface area (Å²) in [6.07, 6.45) is 0. The Bertz CT molecular complexity index is 1290. The van der Waals surface area contributed by atoms with Crippen LogP contribution in [0.25, 0.3) is 0 Å². The van der Waals surface area contributed by atoms with Gasteiger partial charge >= 0.3 is 0 Å². The number of anilines is 2. The molecule has 2 N–H and O–H groups in total. The van der Waals surface area contributed by atoms with Gasteiger partial charge in [0.1, 0.15) is 12.2 Å². The molecule has 3 aromatic rings. The van der Waals surface area contributed by atoms with Gasteiger partial charge < -0.3 is 9.88 Å². The molecule has 1 aromatic heterocycles. The van der Waals surface area contributed by atoms with E-state index in [4.69, 9.17) is 0 Å². The van der Waals surface area contributed by atoms with Crippen LogP contribution >= 0.6 is 0 Å². The quantitative estimate of drug-likeness (QED) is 0.614. The molecule has 1 amide bonds. The highest BCUT2D eigenvalue weighted by Crippen LogP contribution is 2.18. The van der Waals surface area contributed by atoms with Crippen LogP contribution in [0.2, 0.25) is 0 Å². The molecular weight excluding hydrogens is 414 g/mol. The van der Waals surface area contributed by atoms with Gasteiger partial charge in [-0.2, -0.15) is 0 Å². The standard InChI is InChI=1S/C23H25N3O4S/c1-15-8-11-19(12-9-15)31(29,30)25-21-13-10-17(3)26(23(21)28)14-22(27)24-20-7-5-6-16(2)18(20)4/h5-13,25H,14H2,1-4H3,(H,24,27). The molecule has 2 aromatic carbocycles. The topological polar surface area (TPSA) is 97.3 Å². The number of aromatic nitrogens is 1. The molecule has 0 spiro atoms. The average Bonchev–Trinajstić information content (AvgIpc) is 2.71. The van der Waals surface area contributed by atoms with E-state index in [9.17, 15) is 18.0 Å². The van der Waals surface area contributed by atoms with Crippen molar-refractivity contribution in [2.45, 2.75) is 39.1 Å². The Kier molecular flexibility index (Phi) is 6.31. The van der Waals surface area contributed by atoms with Gasteiger partial charge in [-0.1, -0.05) is 29.8 Å². The van der Waals surface area contributed by atoms with Crippen LogP contribution in [0.4, 0.5) is 11.4 Å². The second kappa shape index (κ2) is 8.77. The lowest BCUT2D eigenvalue weighted by atomic mass is 10.1. The van der Waals surface area contributed by atoms with Crippen LogP contribution in [0, 0.1) is 27.7 Å². The third kappa shape index (κ3) is 5.03. The molecule has 31 heavy (non-hydrogen) atoms. The molecule has 0 aliphatic heterocycles. The summed E-state index contributed by atoms with van der Waals surface area (Å²) in [4.78, 5) is 25.6. The molecule has 0 atom stereocenters. The second-order valence-electron chi connectivity index (χ2n) is 7.49. The van der Waals surface area contributed by atoms with Crippen molar-refractivity contribution < 1.29 is 13.2 Å². The van der Waals surface area contributed by atoms with E-state index in [2.05, 4.69) is 10.0 Å². The van der Waals surface area contributed by atoms with Crippen LogP contribution in [0.15, 0.2) is 64.3 Å². The van der Waals surface area contributed by atoms with Gasteiger partial charge in [0.2, 0.25) is 5.91 Å². The third-order valence-electron chi connectivity index (χ3n) is 5.15. The van der Waals surface area contributed by atoms with Crippen molar-refractivity contribution >= 4 is 27.3 Å². The van der Waals surface area contributed by atoms with Gasteiger partial charge in [0.15, 0.2) is 0 Å². The van der Waals surface area contributed by atoms with Gasteiger partial charge in [-0.25, -0.2) is 8.42 Å². The van der Waals surface area contributed by atoms with Crippen LogP contribution in [-0.4, -0.2) is 18.9 Å². The maximum Gasteiger partial charge on any atom is 0.275 e. The number of hydrogen-bond acceptors (Lipinski definition) is 4. The first-order valence-electron chi connectivity index (χ1n) is 9.74. The molecule has 162 valence electrons. The minimum atomic E-state index is -3.93. The van der Waals surface area contributed by atoms with E-state index >= 15 is 0 Å². The van der Waals surface area contributed by atoms with Crippen molar-refractivity contribution in [1.82, 2.24) is 4.57 Å². The molecule has 7 nitrogen and oxygen atoms in total. The number of nitrogens with one attached hydrogen (secondary N) is 2. The summed E-state index contributed by atoms with van der Waals surface area (Å²) in [5, 5.41) is 2.82. The number of amides is 1. The number of rotatable bonds is 6. The predicted molar refractivity (Wildman–Crippen MR) is 122 cm³/mol. The van der Waals surface area contributed by atoms with Crippen LogP contribution < -0.4 is 15.6 Å². The Morgan fingerprint density at radius 1 is 0.903 bits per heavy atom. The SMILES string of the molecule is Cc1ccc(S(=O)(=O)Nc2ccc(C)n(CC(=O)Nc3cccc(C)c3C)c2=O)cc1. The van der Waals surface area contributed by atoms with Gasteiger partial charge in [0, 0.05) is 11.4 Å². The zero-order chi connectivity index (χ0) is 22.8. The molecule has 0 radical (unpaired) electrons. The van der Waals surface area contributed by atoms with E-state index < -0.39 is 15.6 Å². The lowest BCUT2D eigenvalue weighted by Crippen LogP contribution is -2.31. The third-order valence-corrected chi connectivity index (χ3v) is 6.53. The molecule has 0 aliphatic carbocycles. The number of nitrogens with zero attached hydrogens (tertiary/aromatic N) is 1. The summed E-state index contributed by atoms with van der Waals surface area (Å²) in [5.74, 6) is -0.377. The molecular formula is C23H25N3O4S. The summed E-state index contributed by atoms with van der Waals surface area (Å²) in [7, 11) is -3.93. The Morgan fingerprint density at radius 3 is 2.26 bits per heavy atom. The number of pyridine rings is 1. The molecule has 1 heterocycles. The number of carbonyl (C=O) groups is 1. The van der Waals surface area contributed by atoms with Crippen LogP contribution in [0.1, 0.15) is 22.4 Å². The van der Waals surface area contributed by atoms with Crippen molar-refractivity contribution in [1.29, 1.82) is 0 Å². The molecule has 3 rings (SSSR count). The zero-order valence-corrected chi connectivity index (χ0v) is 18.7. The highest BCUT2D eigenvalue weighted by atomic mass is 32.2. The largest absolute Gasteiger partial charge is 0.324 e. The fourth-order valence-electron chi connectivity index (χ4n) is 3.09. The minimum absolute atomic E-state index is 0.0530. The summed E-state index contributed by atoms with van der Waals surface area (Å²) >= 11 is 0. The maximum atomic E-state index is 12.9. The van der Waals surface area contributed by atoms with Crippen LogP contribution in [0.5, 0.6) is 0 Å². The van der Waals surface area contributed by atoms with E-state index in [0.29, 0.717) is 11.4 Å². The Labute approximate surface area is 181 Å². The van der Waals surface area contributed by atoms with Gasteiger partial charge in [-0.15, -0.1) is 0 Å². The van der Waals surface area contributed by atoms with Crippen molar-refractivity contribution in [3.05, 3.63) is 87.3 Å². The maximum absolute atomic E-state index is 12.9. The average molecular weight is 440 g/mol. The first-order valence-corrected chi connectivity index (χ1v) is 11.2. The van der Waals surface area contributed by atoms with Crippen LogP contribution in [-0.2, 0) is 21.4 Å². The number of hydrogen-bond donors (Lipinski definition) is 2. The van der Waals surface area contributed by atoms with E-state index in [1.807, 2.05) is 32.9 Å². The lowest BCUT2D eigenvalue weighted by molar-refractivity contribution is -0.116. The minimum Gasteiger partial charge on any atom is -0.324 e. The highest BCUT2D eigenvalue weighted by Gasteiger charge is 2.18. The van der Waals surface area contributed by atoms with Crippen LogP contribution in [0.3, 0.4) is 0 Å². The fraction of sp³-hybridized carbons (Fsp3) is 0.217. The summed E-state index contributed by atoms with van der Waals surface area (Å²) in [6.45, 7) is 7.15. The fourth-order valence-corrected chi connectivity index (χ4v) is 4.14. The second-order valence-corrected chi connectivity index (χ2v) is 9.18. The normalized spacial score (nSPS) is 11.2. The van der Waals surface area contributed by atoms with Gasteiger partial charge in [0.25, 0.3) is 15.6 Å². The molecule has 0 bridgehead atoms. The lowest BCUT2D eigenvalue weighted by Gasteiger charge is -2.15. The molecule has 0 fully saturated rings. The summed E-state index contributed by atoms with van der Waals surface area (Å²) in [6, 6.07) is 14.9. The molecule has 0 saturated heterocycles. The van der Waals surface area contributed by atoms with E-state index in [1.165, 1.54) is 22.8 Å². The molecule has 8 heteroatoms. The van der Waals surface area contributed by atoms with Gasteiger partial charge in [0.05, 0.1) is 4.90 Å². The van der Waals surface area contributed by atoms with Gasteiger partial charge in [-0.3, -0.25) is 14.3 Å².